The number of nitrogens with zero attached hydrogens (tertiary/aromatic N) is 5. The monoisotopic (exact) mass is 540 g/mol. The lowest BCUT2D eigenvalue weighted by atomic mass is 10.0. The van der Waals surface area contributed by atoms with Gasteiger partial charge in [0, 0.05) is 58.4 Å². The predicted octanol–water partition coefficient (Wildman–Crippen LogP) is 2.94. The molecule has 1 unspecified atom stereocenters. The molecule has 1 aliphatic rings. The third-order valence-electron chi connectivity index (χ3n) is 5.90. The average molecular weight is 540 g/mol. The van der Waals surface area contributed by atoms with Crippen LogP contribution in [-0.4, -0.2) is 84.7 Å². The molecule has 31 heavy (non-hydrogen) atoms. The van der Waals surface area contributed by atoms with Crippen LogP contribution >= 0.6 is 24.0 Å². The zero-order chi connectivity index (χ0) is 21.2. The Bertz CT molecular complexity index is 743. The second kappa shape index (κ2) is 13.7. The fourth-order valence-electron chi connectivity index (χ4n) is 4.16. The number of hydrogen-bond donors (Lipinski definition) is 1. The van der Waals surface area contributed by atoms with Gasteiger partial charge in [0.15, 0.2) is 5.96 Å². The number of nitrogens with one attached hydrogen (secondary N) is 1. The van der Waals surface area contributed by atoms with Crippen molar-refractivity contribution in [1.82, 2.24) is 25.2 Å². The Morgan fingerprint density at radius 1 is 1.13 bits per heavy atom. The van der Waals surface area contributed by atoms with Crippen molar-refractivity contribution in [1.29, 1.82) is 0 Å². The van der Waals surface area contributed by atoms with E-state index < -0.39 is 0 Å². The summed E-state index contributed by atoms with van der Waals surface area (Å²) in [6.07, 6.45) is 2.68. The number of benzene rings is 1. The molecule has 1 fully saturated rings. The minimum absolute atomic E-state index is 0. The van der Waals surface area contributed by atoms with E-state index in [1.165, 1.54) is 5.56 Å². The van der Waals surface area contributed by atoms with E-state index >= 15 is 0 Å². The van der Waals surface area contributed by atoms with Crippen LogP contribution in [-0.2, 0) is 13.0 Å². The fraction of sp³-hybridized carbons (Fsp3) is 0.565. The molecule has 1 aliphatic heterocycles. The Labute approximate surface area is 203 Å². The van der Waals surface area contributed by atoms with Crippen LogP contribution in [0.4, 0.5) is 0 Å². The van der Waals surface area contributed by atoms with E-state index in [4.69, 9.17) is 4.52 Å². The number of halogens is 1. The van der Waals surface area contributed by atoms with Gasteiger partial charge in [-0.3, -0.25) is 14.8 Å². The smallest absolute Gasteiger partial charge is 0.193 e. The van der Waals surface area contributed by atoms with Crippen LogP contribution in [0, 0.1) is 0 Å². The molecule has 1 aromatic carbocycles. The van der Waals surface area contributed by atoms with Gasteiger partial charge < -0.3 is 14.7 Å². The molecule has 1 saturated heterocycles. The molecular formula is C23H37IN6O. The van der Waals surface area contributed by atoms with Crippen LogP contribution in [0.1, 0.15) is 25.1 Å². The van der Waals surface area contributed by atoms with Crippen molar-refractivity contribution < 1.29 is 4.52 Å². The van der Waals surface area contributed by atoms with Gasteiger partial charge >= 0.3 is 0 Å². The number of aliphatic imine (C=N–C) groups is 1. The first-order valence-corrected chi connectivity index (χ1v) is 11.1. The predicted molar refractivity (Wildman–Crippen MR) is 137 cm³/mol. The van der Waals surface area contributed by atoms with Crippen molar-refractivity contribution in [3.63, 3.8) is 0 Å². The molecule has 2 heterocycles. The molecule has 1 N–H and O–H groups in total. The van der Waals surface area contributed by atoms with Gasteiger partial charge in [-0.25, -0.2) is 0 Å². The Morgan fingerprint density at radius 3 is 2.42 bits per heavy atom. The topological polar surface area (TPSA) is 60.1 Å². The van der Waals surface area contributed by atoms with Crippen molar-refractivity contribution in [2.45, 2.75) is 32.9 Å². The van der Waals surface area contributed by atoms with Crippen LogP contribution < -0.4 is 5.32 Å². The number of hydrogen-bond acceptors (Lipinski definition) is 5. The van der Waals surface area contributed by atoms with Crippen molar-refractivity contribution in [2.24, 2.45) is 4.99 Å². The minimum atomic E-state index is 0. The summed E-state index contributed by atoms with van der Waals surface area (Å²) in [6.45, 7) is 12.2. The molecular weight excluding hydrogens is 503 g/mol. The summed E-state index contributed by atoms with van der Waals surface area (Å²) in [4.78, 5) is 11.9. The summed E-state index contributed by atoms with van der Waals surface area (Å²) < 4.78 is 4.95. The van der Waals surface area contributed by atoms with Crippen LogP contribution in [0.15, 0.2) is 52.2 Å². The molecule has 0 aliphatic carbocycles. The minimum Gasteiger partial charge on any atom is -0.364 e. The Hall–Kier alpha value is -1.65. The maximum atomic E-state index is 4.95. The van der Waals surface area contributed by atoms with E-state index in [-0.39, 0.29) is 24.0 Å². The first-order valence-electron chi connectivity index (χ1n) is 11.1. The van der Waals surface area contributed by atoms with Gasteiger partial charge in [-0.15, -0.1) is 24.0 Å². The van der Waals surface area contributed by atoms with Gasteiger partial charge in [0.05, 0.1) is 5.69 Å². The quantitative estimate of drug-likeness (QED) is 0.300. The normalized spacial score (nSPS) is 16.3. The standard InChI is InChI=1S/C23H36N6O.HI/c1-4-28(5-2)22(17-20-9-7-6-8-10-20)18-25-23(24-3)29-14-12-27(13-15-29)19-21-11-16-30-26-21;/h6-11,16,22H,4-5,12-15,17-19H2,1-3H3,(H,24,25);1H. The SMILES string of the molecule is CCN(CC)C(CNC(=NC)N1CCN(Cc2ccon2)CC1)Cc1ccccc1.I. The zero-order valence-corrected chi connectivity index (χ0v) is 21.4. The molecule has 0 amide bonds. The Morgan fingerprint density at radius 2 is 1.84 bits per heavy atom. The summed E-state index contributed by atoms with van der Waals surface area (Å²) in [5.74, 6) is 1.00. The summed E-state index contributed by atoms with van der Waals surface area (Å²) in [6, 6.07) is 13.1. The average Bonchev–Trinajstić information content (AvgIpc) is 3.29. The van der Waals surface area contributed by atoms with E-state index in [1.54, 1.807) is 6.26 Å². The van der Waals surface area contributed by atoms with Gasteiger partial charge in [0.2, 0.25) is 0 Å². The van der Waals surface area contributed by atoms with E-state index in [0.717, 1.165) is 70.4 Å². The number of guanidine groups is 1. The van der Waals surface area contributed by atoms with E-state index in [0.29, 0.717) is 6.04 Å². The summed E-state index contributed by atoms with van der Waals surface area (Å²) in [5.41, 5.74) is 2.38. The van der Waals surface area contributed by atoms with Crippen LogP contribution in [0.25, 0.3) is 0 Å². The van der Waals surface area contributed by atoms with Crippen molar-refractivity contribution in [2.75, 3.05) is 52.9 Å². The molecule has 0 radical (unpaired) electrons. The lowest BCUT2D eigenvalue weighted by molar-refractivity contribution is 0.167. The first-order chi connectivity index (χ1) is 14.7. The van der Waals surface area contributed by atoms with Gasteiger partial charge in [-0.2, -0.15) is 0 Å². The molecule has 3 rings (SSSR count). The highest BCUT2D eigenvalue weighted by Gasteiger charge is 2.22. The molecule has 8 heteroatoms. The Kier molecular flexibility index (Phi) is 11.3. The molecule has 2 aromatic rings. The second-order valence-electron chi connectivity index (χ2n) is 7.75. The molecule has 0 spiro atoms. The summed E-state index contributed by atoms with van der Waals surface area (Å²) in [7, 11) is 1.88. The zero-order valence-electron chi connectivity index (χ0n) is 19.0. The third-order valence-corrected chi connectivity index (χ3v) is 5.90. The third kappa shape index (κ3) is 7.76. The van der Waals surface area contributed by atoms with E-state index in [9.17, 15) is 0 Å². The molecule has 1 atom stereocenters. The van der Waals surface area contributed by atoms with Crippen LogP contribution in [0.3, 0.4) is 0 Å². The highest BCUT2D eigenvalue weighted by molar-refractivity contribution is 14.0. The number of aromatic nitrogens is 1. The van der Waals surface area contributed by atoms with Gasteiger partial charge in [-0.05, 0) is 25.1 Å². The van der Waals surface area contributed by atoms with Gasteiger partial charge in [-0.1, -0.05) is 49.3 Å². The fourth-order valence-corrected chi connectivity index (χ4v) is 4.16. The number of likely N-dealkylation sites (N-methyl/N-ethyl adjacent to an activating group) is 1. The lowest BCUT2D eigenvalue weighted by Crippen LogP contribution is -2.54. The summed E-state index contributed by atoms with van der Waals surface area (Å²) in [5, 5.41) is 7.68. The maximum absolute atomic E-state index is 4.95. The molecule has 0 bridgehead atoms. The van der Waals surface area contributed by atoms with Crippen molar-refractivity contribution in [3.05, 3.63) is 53.9 Å². The van der Waals surface area contributed by atoms with Gasteiger partial charge in [0.25, 0.3) is 0 Å². The lowest BCUT2D eigenvalue weighted by Gasteiger charge is -2.37. The summed E-state index contributed by atoms with van der Waals surface area (Å²) >= 11 is 0. The second-order valence-corrected chi connectivity index (χ2v) is 7.75. The molecule has 0 saturated carbocycles. The number of piperazine rings is 1. The van der Waals surface area contributed by atoms with E-state index in [2.05, 4.69) is 74.3 Å². The van der Waals surface area contributed by atoms with Gasteiger partial charge in [0.1, 0.15) is 6.26 Å². The van der Waals surface area contributed by atoms with Crippen molar-refractivity contribution >= 4 is 29.9 Å². The molecule has 7 nitrogen and oxygen atoms in total. The molecule has 1 aromatic heterocycles. The largest absolute Gasteiger partial charge is 0.364 e. The maximum Gasteiger partial charge on any atom is 0.193 e. The van der Waals surface area contributed by atoms with Crippen LogP contribution in [0.2, 0.25) is 0 Å². The Balaban J connectivity index is 0.00000341. The van der Waals surface area contributed by atoms with Crippen LogP contribution in [0.5, 0.6) is 0 Å². The number of rotatable bonds is 9. The molecule has 172 valence electrons. The highest BCUT2D eigenvalue weighted by atomic mass is 127. The van der Waals surface area contributed by atoms with Crippen molar-refractivity contribution in [3.8, 4) is 0 Å². The highest BCUT2D eigenvalue weighted by Crippen LogP contribution is 2.10. The van der Waals surface area contributed by atoms with E-state index in [1.807, 2.05) is 13.1 Å². The first kappa shape index (κ1) is 25.6.